The number of rotatable bonds is 2. The predicted octanol–water partition coefficient (Wildman–Crippen LogP) is 3.08. The van der Waals surface area contributed by atoms with Crippen molar-refractivity contribution in [1.82, 2.24) is 9.88 Å². The number of pyridine rings is 1. The van der Waals surface area contributed by atoms with Crippen molar-refractivity contribution < 1.29 is 0 Å². The molecule has 2 nitrogen and oxygen atoms in total. The van der Waals surface area contributed by atoms with Gasteiger partial charge in [-0.1, -0.05) is 24.6 Å². The van der Waals surface area contributed by atoms with Crippen molar-refractivity contribution in [3.05, 3.63) is 29.0 Å². The first-order valence-corrected chi connectivity index (χ1v) is 6.54. The fourth-order valence-corrected chi connectivity index (χ4v) is 3.67. The molecular formula is C13H17ClN2. The molecular weight excluding hydrogens is 220 g/mol. The molecule has 2 bridgehead atoms. The predicted molar refractivity (Wildman–Crippen MR) is 65.8 cm³/mol. The Morgan fingerprint density at radius 1 is 1.44 bits per heavy atom. The van der Waals surface area contributed by atoms with Crippen molar-refractivity contribution >= 4 is 11.6 Å². The van der Waals surface area contributed by atoms with Crippen LogP contribution in [0.4, 0.5) is 0 Å². The second-order valence-electron chi connectivity index (χ2n) is 4.89. The number of likely N-dealkylation sites (N-methyl/N-ethyl adjacent to an activating group) is 1. The highest BCUT2D eigenvalue weighted by Crippen LogP contribution is 2.46. The highest BCUT2D eigenvalue weighted by Gasteiger charge is 2.45. The standard InChI is InChI=1S/C13H17ClN2/c1-2-16-10-4-5-12(16)11(7-10)9-3-6-13(14)15-8-9/h3,6,8,10-12H,2,4-5,7H2,1H3/t10?,11-,12+/m0/s1. The Morgan fingerprint density at radius 3 is 2.94 bits per heavy atom. The number of nitrogens with zero attached hydrogens (tertiary/aromatic N) is 2. The number of halogens is 1. The molecule has 0 spiro atoms. The third kappa shape index (κ3) is 1.56. The van der Waals surface area contributed by atoms with Gasteiger partial charge in [0.05, 0.1) is 0 Å². The van der Waals surface area contributed by atoms with Crippen molar-refractivity contribution in [2.45, 2.75) is 44.2 Å². The van der Waals surface area contributed by atoms with Crippen molar-refractivity contribution in [2.24, 2.45) is 0 Å². The van der Waals surface area contributed by atoms with Gasteiger partial charge in [0.25, 0.3) is 0 Å². The molecule has 0 radical (unpaired) electrons. The van der Waals surface area contributed by atoms with Crippen LogP contribution < -0.4 is 0 Å². The zero-order chi connectivity index (χ0) is 11.1. The van der Waals surface area contributed by atoms with Gasteiger partial charge >= 0.3 is 0 Å². The summed E-state index contributed by atoms with van der Waals surface area (Å²) in [6.07, 6.45) is 6.01. The Labute approximate surface area is 102 Å². The third-order valence-electron chi connectivity index (χ3n) is 4.22. The van der Waals surface area contributed by atoms with Crippen LogP contribution in [-0.4, -0.2) is 28.5 Å². The average Bonchev–Trinajstić information content (AvgIpc) is 2.86. The van der Waals surface area contributed by atoms with Gasteiger partial charge in [0.15, 0.2) is 0 Å². The second kappa shape index (κ2) is 4.01. The summed E-state index contributed by atoms with van der Waals surface area (Å²) in [5, 5.41) is 0.597. The molecule has 0 aromatic carbocycles. The van der Waals surface area contributed by atoms with Gasteiger partial charge in [-0.3, -0.25) is 4.90 Å². The van der Waals surface area contributed by atoms with E-state index in [0.29, 0.717) is 11.1 Å². The van der Waals surface area contributed by atoms with Crippen LogP contribution in [0.1, 0.15) is 37.7 Å². The van der Waals surface area contributed by atoms with E-state index in [4.69, 9.17) is 11.6 Å². The van der Waals surface area contributed by atoms with Crippen LogP contribution in [0, 0.1) is 0 Å². The lowest BCUT2D eigenvalue weighted by Crippen LogP contribution is -2.29. The van der Waals surface area contributed by atoms with E-state index < -0.39 is 0 Å². The molecule has 1 aromatic heterocycles. The van der Waals surface area contributed by atoms with Gasteiger partial charge in [-0.2, -0.15) is 0 Å². The number of hydrogen-bond acceptors (Lipinski definition) is 2. The van der Waals surface area contributed by atoms with Crippen LogP contribution in [0.3, 0.4) is 0 Å². The van der Waals surface area contributed by atoms with E-state index in [1.54, 1.807) is 0 Å². The quantitative estimate of drug-likeness (QED) is 0.734. The van der Waals surface area contributed by atoms with Gasteiger partial charge < -0.3 is 0 Å². The molecule has 3 heteroatoms. The first-order chi connectivity index (χ1) is 7.79. The summed E-state index contributed by atoms with van der Waals surface area (Å²) in [4.78, 5) is 6.87. The lowest BCUT2D eigenvalue weighted by Gasteiger charge is -2.23. The van der Waals surface area contributed by atoms with Gasteiger partial charge in [-0.25, -0.2) is 4.98 Å². The molecule has 3 rings (SSSR count). The largest absolute Gasteiger partial charge is 0.297 e. The minimum absolute atomic E-state index is 0.597. The van der Waals surface area contributed by atoms with E-state index in [0.717, 1.165) is 12.1 Å². The maximum Gasteiger partial charge on any atom is 0.129 e. The monoisotopic (exact) mass is 236 g/mol. The Morgan fingerprint density at radius 2 is 2.31 bits per heavy atom. The Bertz CT molecular complexity index is 376. The Balaban J connectivity index is 1.85. The molecule has 2 aliphatic heterocycles. The molecule has 2 fully saturated rings. The summed E-state index contributed by atoms with van der Waals surface area (Å²) in [5.74, 6) is 0.684. The topological polar surface area (TPSA) is 16.1 Å². The molecule has 0 N–H and O–H groups in total. The molecule has 3 atom stereocenters. The van der Waals surface area contributed by atoms with E-state index >= 15 is 0 Å². The van der Waals surface area contributed by atoms with Gasteiger partial charge in [0, 0.05) is 24.2 Å². The first-order valence-electron chi connectivity index (χ1n) is 6.16. The summed E-state index contributed by atoms with van der Waals surface area (Å²) < 4.78 is 0. The summed E-state index contributed by atoms with van der Waals surface area (Å²) >= 11 is 5.83. The maximum absolute atomic E-state index is 5.83. The normalized spacial score (nSPS) is 33.5. The summed E-state index contributed by atoms with van der Waals surface area (Å²) in [6.45, 7) is 3.46. The zero-order valence-corrected chi connectivity index (χ0v) is 10.3. The Hall–Kier alpha value is -0.600. The lowest BCUT2D eigenvalue weighted by atomic mass is 9.85. The minimum atomic E-state index is 0.597. The van der Waals surface area contributed by atoms with Crippen molar-refractivity contribution in [3.8, 4) is 0 Å². The van der Waals surface area contributed by atoms with E-state index in [2.05, 4.69) is 22.9 Å². The summed E-state index contributed by atoms with van der Waals surface area (Å²) in [7, 11) is 0. The highest BCUT2D eigenvalue weighted by molar-refractivity contribution is 6.29. The van der Waals surface area contributed by atoms with E-state index in [1.807, 2.05) is 12.3 Å². The highest BCUT2D eigenvalue weighted by atomic mass is 35.5. The van der Waals surface area contributed by atoms with Crippen molar-refractivity contribution in [1.29, 1.82) is 0 Å². The number of hydrogen-bond donors (Lipinski definition) is 0. The van der Waals surface area contributed by atoms with Crippen LogP contribution in [0.5, 0.6) is 0 Å². The SMILES string of the molecule is CCN1C2CC[C@@H]1[C@H](c1ccc(Cl)nc1)C2. The molecule has 0 amide bonds. The summed E-state index contributed by atoms with van der Waals surface area (Å²) in [6, 6.07) is 5.63. The first kappa shape index (κ1) is 10.5. The molecule has 1 unspecified atom stereocenters. The van der Waals surface area contributed by atoms with Crippen LogP contribution in [0.25, 0.3) is 0 Å². The van der Waals surface area contributed by atoms with Crippen LogP contribution in [-0.2, 0) is 0 Å². The molecule has 3 heterocycles. The number of aromatic nitrogens is 1. The number of fused-ring (bicyclic) bond motifs is 2. The second-order valence-corrected chi connectivity index (χ2v) is 5.27. The van der Waals surface area contributed by atoms with Crippen LogP contribution in [0.2, 0.25) is 5.15 Å². The third-order valence-corrected chi connectivity index (χ3v) is 4.45. The minimum Gasteiger partial charge on any atom is -0.297 e. The lowest BCUT2D eigenvalue weighted by molar-refractivity contribution is 0.262. The van der Waals surface area contributed by atoms with Gasteiger partial charge in [0.1, 0.15) is 5.15 Å². The fourth-order valence-electron chi connectivity index (χ4n) is 3.56. The fraction of sp³-hybridized carbons (Fsp3) is 0.615. The summed E-state index contributed by atoms with van der Waals surface area (Å²) in [5.41, 5.74) is 1.37. The van der Waals surface area contributed by atoms with Crippen LogP contribution >= 0.6 is 11.6 Å². The Kier molecular flexibility index (Phi) is 2.64. The maximum atomic E-state index is 5.83. The van der Waals surface area contributed by atoms with Crippen molar-refractivity contribution in [2.75, 3.05) is 6.54 Å². The van der Waals surface area contributed by atoms with Crippen molar-refractivity contribution in [3.63, 3.8) is 0 Å². The molecule has 2 saturated heterocycles. The van der Waals surface area contributed by atoms with E-state index in [9.17, 15) is 0 Å². The molecule has 0 aliphatic carbocycles. The van der Waals surface area contributed by atoms with Gasteiger partial charge in [-0.15, -0.1) is 0 Å². The molecule has 1 aromatic rings. The van der Waals surface area contributed by atoms with Gasteiger partial charge in [-0.05, 0) is 37.4 Å². The molecule has 86 valence electrons. The molecule has 0 saturated carbocycles. The van der Waals surface area contributed by atoms with Gasteiger partial charge in [0.2, 0.25) is 0 Å². The zero-order valence-electron chi connectivity index (χ0n) is 9.56. The van der Waals surface area contributed by atoms with Crippen LogP contribution in [0.15, 0.2) is 18.3 Å². The molecule has 2 aliphatic rings. The van der Waals surface area contributed by atoms with E-state index in [1.165, 1.54) is 31.4 Å². The average molecular weight is 237 g/mol. The van der Waals surface area contributed by atoms with E-state index in [-0.39, 0.29) is 0 Å². The smallest absolute Gasteiger partial charge is 0.129 e. The molecule has 16 heavy (non-hydrogen) atoms.